The molecule has 5 nitrogen and oxygen atoms in total. The van der Waals surface area contributed by atoms with Gasteiger partial charge in [0.2, 0.25) is 0 Å². The van der Waals surface area contributed by atoms with E-state index in [4.69, 9.17) is 9.47 Å². The second-order valence-electron chi connectivity index (χ2n) is 4.47. The number of aliphatic carboxylic acids is 1. The average Bonchev–Trinajstić information content (AvgIpc) is 2.55. The van der Waals surface area contributed by atoms with Crippen LogP contribution in [-0.2, 0) is 4.79 Å². The van der Waals surface area contributed by atoms with Gasteiger partial charge in [-0.25, -0.2) is 4.79 Å². The van der Waals surface area contributed by atoms with E-state index in [2.05, 4.69) is 5.32 Å². The molecule has 5 heteroatoms. The number of benzene rings is 2. The first-order chi connectivity index (χ1) is 10.6. The summed E-state index contributed by atoms with van der Waals surface area (Å²) in [7, 11) is 3.14. The molecule has 0 radical (unpaired) electrons. The molecule has 0 atom stereocenters. The zero-order chi connectivity index (χ0) is 15.9. The zero-order valence-electron chi connectivity index (χ0n) is 12.4. The third-order valence-corrected chi connectivity index (χ3v) is 3.08. The second-order valence-corrected chi connectivity index (χ2v) is 4.47. The van der Waals surface area contributed by atoms with Crippen LogP contribution in [-0.4, -0.2) is 25.3 Å². The molecule has 2 rings (SSSR count). The van der Waals surface area contributed by atoms with Crippen LogP contribution in [0.25, 0.3) is 5.57 Å². The molecule has 0 spiro atoms. The molecule has 0 aliphatic rings. The van der Waals surface area contributed by atoms with Gasteiger partial charge in [0.15, 0.2) is 0 Å². The lowest BCUT2D eigenvalue weighted by Gasteiger charge is -2.07. The minimum atomic E-state index is -1.01. The molecule has 114 valence electrons. The molecule has 0 saturated heterocycles. The standard InChI is InChI=1S/C17H17NO4/c1-21-14-8-6-12(7-9-14)16(17(19)20)11-18-13-4-3-5-15(10-13)22-2/h3-11,18H,1-2H3,(H,19,20)/b16-11-. The molecule has 0 saturated carbocycles. The first-order valence-corrected chi connectivity index (χ1v) is 6.62. The van der Waals surface area contributed by atoms with Crippen LogP contribution in [0.2, 0.25) is 0 Å². The van der Waals surface area contributed by atoms with Crippen molar-refractivity contribution >= 4 is 17.2 Å². The summed E-state index contributed by atoms with van der Waals surface area (Å²) in [5, 5.41) is 12.3. The van der Waals surface area contributed by atoms with Crippen molar-refractivity contribution in [2.75, 3.05) is 19.5 Å². The lowest BCUT2D eigenvalue weighted by atomic mass is 10.1. The van der Waals surface area contributed by atoms with E-state index in [0.717, 1.165) is 5.69 Å². The first-order valence-electron chi connectivity index (χ1n) is 6.62. The molecule has 22 heavy (non-hydrogen) atoms. The molecule has 0 aromatic heterocycles. The highest BCUT2D eigenvalue weighted by Crippen LogP contribution is 2.21. The SMILES string of the molecule is COc1ccc(/C(=C/Nc2cccc(OC)c2)C(=O)O)cc1. The fourth-order valence-electron chi connectivity index (χ4n) is 1.91. The maximum Gasteiger partial charge on any atom is 0.337 e. The van der Waals surface area contributed by atoms with E-state index >= 15 is 0 Å². The number of anilines is 1. The van der Waals surface area contributed by atoms with Gasteiger partial charge in [0.1, 0.15) is 11.5 Å². The maximum absolute atomic E-state index is 11.4. The van der Waals surface area contributed by atoms with E-state index in [1.54, 1.807) is 44.6 Å². The van der Waals surface area contributed by atoms with Gasteiger partial charge in [0.05, 0.1) is 19.8 Å². The number of carboxylic acids is 1. The largest absolute Gasteiger partial charge is 0.497 e. The summed E-state index contributed by atoms with van der Waals surface area (Å²) >= 11 is 0. The Morgan fingerprint density at radius 2 is 1.73 bits per heavy atom. The zero-order valence-corrected chi connectivity index (χ0v) is 12.4. The van der Waals surface area contributed by atoms with Crippen LogP contribution in [0.15, 0.2) is 54.7 Å². The van der Waals surface area contributed by atoms with E-state index in [1.165, 1.54) is 6.20 Å². The van der Waals surface area contributed by atoms with Crippen LogP contribution in [0.1, 0.15) is 5.56 Å². The predicted octanol–water partition coefficient (Wildman–Crippen LogP) is 3.24. The predicted molar refractivity (Wildman–Crippen MR) is 85.2 cm³/mol. The van der Waals surface area contributed by atoms with Crippen molar-refractivity contribution in [2.24, 2.45) is 0 Å². The Morgan fingerprint density at radius 3 is 2.32 bits per heavy atom. The van der Waals surface area contributed by atoms with Crippen molar-refractivity contribution in [3.8, 4) is 11.5 Å². The van der Waals surface area contributed by atoms with Crippen LogP contribution < -0.4 is 14.8 Å². The normalized spacial score (nSPS) is 10.9. The molecule has 0 unspecified atom stereocenters. The summed E-state index contributed by atoms with van der Waals surface area (Å²) in [5.74, 6) is 0.356. The number of nitrogens with one attached hydrogen (secondary N) is 1. The Morgan fingerprint density at radius 1 is 1.05 bits per heavy atom. The molecule has 0 aliphatic heterocycles. The second kappa shape index (κ2) is 7.17. The fraction of sp³-hybridized carbons (Fsp3) is 0.118. The summed E-state index contributed by atoms with van der Waals surface area (Å²) < 4.78 is 10.2. The van der Waals surface area contributed by atoms with Crippen molar-refractivity contribution in [1.82, 2.24) is 0 Å². The number of hydrogen-bond donors (Lipinski definition) is 2. The molecule has 2 aromatic carbocycles. The molecule has 0 fully saturated rings. The molecule has 2 aromatic rings. The van der Waals surface area contributed by atoms with Gasteiger partial charge in [0, 0.05) is 18.0 Å². The average molecular weight is 299 g/mol. The van der Waals surface area contributed by atoms with Gasteiger partial charge < -0.3 is 19.9 Å². The van der Waals surface area contributed by atoms with Crippen molar-refractivity contribution in [3.63, 3.8) is 0 Å². The van der Waals surface area contributed by atoms with Crippen molar-refractivity contribution in [2.45, 2.75) is 0 Å². The van der Waals surface area contributed by atoms with Gasteiger partial charge in [-0.2, -0.15) is 0 Å². The van der Waals surface area contributed by atoms with Crippen molar-refractivity contribution in [1.29, 1.82) is 0 Å². The summed E-state index contributed by atoms with van der Waals surface area (Å²) in [6.45, 7) is 0. The van der Waals surface area contributed by atoms with Gasteiger partial charge in [0.25, 0.3) is 0 Å². The van der Waals surface area contributed by atoms with Crippen molar-refractivity contribution in [3.05, 3.63) is 60.3 Å². The minimum Gasteiger partial charge on any atom is -0.497 e. The van der Waals surface area contributed by atoms with Gasteiger partial charge in [-0.05, 0) is 29.8 Å². The number of carboxylic acid groups (broad SMARTS) is 1. The van der Waals surface area contributed by atoms with Gasteiger partial charge in [-0.3, -0.25) is 0 Å². The molecule has 0 amide bonds. The van der Waals surface area contributed by atoms with E-state index in [-0.39, 0.29) is 5.57 Å². The third-order valence-electron chi connectivity index (χ3n) is 3.08. The Kier molecular flexibility index (Phi) is 5.03. The fourth-order valence-corrected chi connectivity index (χ4v) is 1.91. The van der Waals surface area contributed by atoms with Crippen molar-refractivity contribution < 1.29 is 19.4 Å². The summed E-state index contributed by atoms with van der Waals surface area (Å²) in [6, 6.07) is 14.1. The van der Waals surface area contributed by atoms with Crippen LogP contribution in [0.3, 0.4) is 0 Å². The molecule has 2 N–H and O–H groups in total. The number of hydrogen-bond acceptors (Lipinski definition) is 4. The number of methoxy groups -OCH3 is 2. The number of ether oxygens (including phenoxy) is 2. The van der Waals surface area contributed by atoms with Crippen LogP contribution in [0.4, 0.5) is 5.69 Å². The smallest absolute Gasteiger partial charge is 0.337 e. The number of rotatable bonds is 6. The molecular weight excluding hydrogens is 282 g/mol. The Balaban J connectivity index is 2.24. The first kappa shape index (κ1) is 15.4. The maximum atomic E-state index is 11.4. The molecular formula is C17H17NO4. The van der Waals surface area contributed by atoms with Crippen LogP contribution in [0.5, 0.6) is 11.5 Å². The van der Waals surface area contributed by atoms with E-state index in [1.807, 2.05) is 18.2 Å². The highest BCUT2D eigenvalue weighted by molar-refractivity contribution is 6.15. The Hall–Kier alpha value is -2.95. The van der Waals surface area contributed by atoms with E-state index in [0.29, 0.717) is 17.1 Å². The highest BCUT2D eigenvalue weighted by Gasteiger charge is 2.10. The van der Waals surface area contributed by atoms with E-state index in [9.17, 15) is 9.90 Å². The lowest BCUT2D eigenvalue weighted by molar-refractivity contribution is -0.130. The van der Waals surface area contributed by atoms with Gasteiger partial charge >= 0.3 is 5.97 Å². The lowest BCUT2D eigenvalue weighted by Crippen LogP contribution is -2.03. The summed E-state index contributed by atoms with van der Waals surface area (Å²) in [5.41, 5.74) is 1.49. The highest BCUT2D eigenvalue weighted by atomic mass is 16.5. The summed E-state index contributed by atoms with van der Waals surface area (Å²) in [6.07, 6.45) is 1.46. The third kappa shape index (κ3) is 3.79. The topological polar surface area (TPSA) is 67.8 Å². The molecule has 0 aliphatic carbocycles. The Labute approximate surface area is 128 Å². The van der Waals surface area contributed by atoms with Crippen LogP contribution >= 0.6 is 0 Å². The molecule has 0 heterocycles. The quantitative estimate of drug-likeness (QED) is 0.801. The Bertz CT molecular complexity index is 677. The summed E-state index contributed by atoms with van der Waals surface area (Å²) in [4.78, 5) is 11.4. The van der Waals surface area contributed by atoms with Gasteiger partial charge in [-0.15, -0.1) is 0 Å². The monoisotopic (exact) mass is 299 g/mol. The van der Waals surface area contributed by atoms with Crippen LogP contribution in [0, 0.1) is 0 Å². The minimum absolute atomic E-state index is 0.158. The van der Waals surface area contributed by atoms with Gasteiger partial charge in [-0.1, -0.05) is 18.2 Å². The number of carbonyl (C=O) groups is 1. The van der Waals surface area contributed by atoms with E-state index < -0.39 is 5.97 Å². The molecule has 0 bridgehead atoms.